The Kier molecular flexibility index (Phi) is 7.54. The van der Waals surface area contributed by atoms with Crippen LogP contribution in [-0.2, 0) is 22.4 Å². The molecule has 0 aliphatic heterocycles. The van der Waals surface area contributed by atoms with Crippen LogP contribution in [0.1, 0.15) is 11.1 Å². The number of amides is 1. The van der Waals surface area contributed by atoms with Gasteiger partial charge in [0, 0.05) is 6.54 Å². The normalized spacial score (nSPS) is 10.5. The Morgan fingerprint density at radius 3 is 2.15 bits per heavy atom. The lowest BCUT2D eigenvalue weighted by molar-refractivity contribution is -0.139. The smallest absolute Gasteiger partial charge is 0.387 e. The molecule has 0 radical (unpaired) electrons. The number of carboxylic acids is 1. The third-order valence-electron chi connectivity index (χ3n) is 3.53. The van der Waals surface area contributed by atoms with Crippen LogP contribution >= 0.6 is 0 Å². The Morgan fingerprint density at radius 2 is 1.56 bits per heavy atom. The highest BCUT2D eigenvalue weighted by molar-refractivity contribution is 5.78. The molecule has 0 saturated carbocycles. The maximum atomic E-state index is 12.1. The van der Waals surface area contributed by atoms with Crippen molar-refractivity contribution in [3.63, 3.8) is 0 Å². The van der Waals surface area contributed by atoms with Crippen molar-refractivity contribution in [2.24, 2.45) is 0 Å². The fraction of sp³-hybridized carbons (Fsp3) is 0.263. The summed E-state index contributed by atoms with van der Waals surface area (Å²) in [7, 11) is 0. The Labute approximate surface area is 154 Å². The Balaban J connectivity index is 1.71. The molecule has 0 saturated heterocycles. The Morgan fingerprint density at radius 1 is 0.963 bits per heavy atom. The summed E-state index contributed by atoms with van der Waals surface area (Å²) >= 11 is 0. The number of carboxylic acid groups (broad SMARTS) is 1. The fourth-order valence-electron chi connectivity index (χ4n) is 2.28. The quantitative estimate of drug-likeness (QED) is 0.663. The van der Waals surface area contributed by atoms with Gasteiger partial charge in [0.05, 0.1) is 6.42 Å². The van der Waals surface area contributed by atoms with E-state index < -0.39 is 19.2 Å². The molecule has 0 fully saturated rings. The number of hydrogen-bond acceptors (Lipinski definition) is 4. The standard InChI is InChI=1S/C19H19F2NO5/c20-19(21)27-16-7-3-14(4-8-16)11-17(23)22-10-9-13-1-5-15(6-2-13)26-12-18(24)25/h1-8,19H,9-12H2,(H,22,23)(H,24,25). The SMILES string of the molecule is O=C(O)COc1ccc(CCNC(=O)Cc2ccc(OC(F)F)cc2)cc1. The van der Waals surface area contributed by atoms with Crippen molar-refractivity contribution >= 4 is 11.9 Å². The average molecular weight is 379 g/mol. The second kappa shape index (κ2) is 10.1. The summed E-state index contributed by atoms with van der Waals surface area (Å²) in [5, 5.41) is 11.3. The Hall–Kier alpha value is -3.16. The minimum absolute atomic E-state index is 0.0462. The average Bonchev–Trinajstić information content (AvgIpc) is 2.62. The molecule has 0 atom stereocenters. The van der Waals surface area contributed by atoms with Crippen LogP contribution in [0, 0.1) is 0 Å². The molecule has 6 nitrogen and oxygen atoms in total. The van der Waals surface area contributed by atoms with Gasteiger partial charge < -0.3 is 19.9 Å². The van der Waals surface area contributed by atoms with Crippen LogP contribution in [0.3, 0.4) is 0 Å². The third-order valence-corrected chi connectivity index (χ3v) is 3.53. The number of benzene rings is 2. The molecule has 8 heteroatoms. The van der Waals surface area contributed by atoms with Gasteiger partial charge in [0.15, 0.2) is 6.61 Å². The number of alkyl halides is 2. The van der Waals surface area contributed by atoms with Gasteiger partial charge in [0.25, 0.3) is 0 Å². The van der Waals surface area contributed by atoms with Crippen molar-refractivity contribution in [2.75, 3.05) is 13.2 Å². The molecule has 144 valence electrons. The van der Waals surface area contributed by atoms with Crippen LogP contribution in [-0.4, -0.2) is 36.7 Å². The van der Waals surface area contributed by atoms with Gasteiger partial charge in [-0.25, -0.2) is 4.79 Å². The number of ether oxygens (including phenoxy) is 2. The highest BCUT2D eigenvalue weighted by atomic mass is 19.3. The van der Waals surface area contributed by atoms with Crippen molar-refractivity contribution in [2.45, 2.75) is 19.5 Å². The molecule has 2 aromatic rings. The molecule has 0 aliphatic carbocycles. The van der Waals surface area contributed by atoms with Crippen LogP contribution in [0.2, 0.25) is 0 Å². The number of carbonyl (C=O) groups excluding carboxylic acids is 1. The van der Waals surface area contributed by atoms with E-state index in [1.54, 1.807) is 36.4 Å². The van der Waals surface area contributed by atoms with Crippen LogP contribution in [0.5, 0.6) is 11.5 Å². The lowest BCUT2D eigenvalue weighted by atomic mass is 10.1. The highest BCUT2D eigenvalue weighted by Crippen LogP contribution is 2.15. The highest BCUT2D eigenvalue weighted by Gasteiger charge is 2.06. The number of hydrogen-bond donors (Lipinski definition) is 2. The fourth-order valence-corrected chi connectivity index (χ4v) is 2.28. The van der Waals surface area contributed by atoms with Crippen LogP contribution in [0.4, 0.5) is 8.78 Å². The van der Waals surface area contributed by atoms with E-state index in [1.165, 1.54) is 12.1 Å². The second-order valence-corrected chi connectivity index (χ2v) is 5.63. The molecule has 2 aromatic carbocycles. The predicted molar refractivity (Wildman–Crippen MR) is 93.1 cm³/mol. The van der Waals surface area contributed by atoms with Gasteiger partial charge in [0.1, 0.15) is 11.5 Å². The first-order valence-corrected chi connectivity index (χ1v) is 8.16. The molecule has 27 heavy (non-hydrogen) atoms. The van der Waals surface area contributed by atoms with E-state index in [2.05, 4.69) is 10.1 Å². The first kappa shape index (κ1) is 20.2. The van der Waals surface area contributed by atoms with E-state index in [-0.39, 0.29) is 18.1 Å². The first-order chi connectivity index (χ1) is 12.9. The van der Waals surface area contributed by atoms with Crippen molar-refractivity contribution in [3.8, 4) is 11.5 Å². The summed E-state index contributed by atoms with van der Waals surface area (Å²) in [6.45, 7) is -2.84. The van der Waals surface area contributed by atoms with Gasteiger partial charge in [-0.3, -0.25) is 4.79 Å². The summed E-state index contributed by atoms with van der Waals surface area (Å²) < 4.78 is 33.5. The van der Waals surface area contributed by atoms with Gasteiger partial charge in [-0.1, -0.05) is 24.3 Å². The minimum Gasteiger partial charge on any atom is -0.482 e. The lowest BCUT2D eigenvalue weighted by Crippen LogP contribution is -2.27. The van der Waals surface area contributed by atoms with Gasteiger partial charge in [-0.15, -0.1) is 0 Å². The van der Waals surface area contributed by atoms with Gasteiger partial charge >= 0.3 is 12.6 Å². The molecule has 0 aliphatic rings. The Bertz CT molecular complexity index is 748. The second-order valence-electron chi connectivity index (χ2n) is 5.63. The van der Waals surface area contributed by atoms with Crippen LogP contribution < -0.4 is 14.8 Å². The number of aliphatic carboxylic acids is 1. The van der Waals surface area contributed by atoms with Crippen LogP contribution in [0.15, 0.2) is 48.5 Å². The maximum absolute atomic E-state index is 12.1. The van der Waals surface area contributed by atoms with Gasteiger partial charge in [-0.2, -0.15) is 8.78 Å². The van der Waals surface area contributed by atoms with Crippen molar-refractivity contribution in [1.82, 2.24) is 5.32 Å². The summed E-state index contributed by atoms with van der Waals surface area (Å²) in [6.07, 6.45) is 0.739. The molecule has 0 bridgehead atoms. The van der Waals surface area contributed by atoms with Gasteiger partial charge in [0.2, 0.25) is 5.91 Å². The molecular formula is C19H19F2NO5. The minimum atomic E-state index is -2.88. The topological polar surface area (TPSA) is 84.9 Å². The molecule has 0 spiro atoms. The number of rotatable bonds is 10. The lowest BCUT2D eigenvalue weighted by Gasteiger charge is -2.08. The van der Waals surface area contributed by atoms with Crippen molar-refractivity contribution in [1.29, 1.82) is 0 Å². The zero-order valence-corrected chi connectivity index (χ0v) is 14.4. The molecule has 0 heterocycles. The zero-order chi connectivity index (χ0) is 19.6. The monoisotopic (exact) mass is 379 g/mol. The number of carbonyl (C=O) groups is 2. The van der Waals surface area contributed by atoms with E-state index in [9.17, 15) is 18.4 Å². The molecular weight excluding hydrogens is 360 g/mol. The van der Waals surface area contributed by atoms with E-state index in [4.69, 9.17) is 9.84 Å². The van der Waals surface area contributed by atoms with Crippen LogP contribution in [0.25, 0.3) is 0 Å². The molecule has 0 aromatic heterocycles. The molecule has 2 rings (SSSR count). The van der Waals surface area contributed by atoms with Crippen molar-refractivity contribution < 1.29 is 33.0 Å². The molecule has 0 unspecified atom stereocenters. The predicted octanol–water partition coefficient (Wildman–Crippen LogP) is 2.65. The molecule has 1 amide bonds. The zero-order valence-electron chi connectivity index (χ0n) is 14.4. The summed E-state index contributed by atoms with van der Waals surface area (Å²) in [6, 6.07) is 12.8. The van der Waals surface area contributed by atoms with Gasteiger partial charge in [-0.05, 0) is 41.8 Å². The van der Waals surface area contributed by atoms with Crippen molar-refractivity contribution in [3.05, 3.63) is 59.7 Å². The number of halogens is 2. The van der Waals surface area contributed by atoms with E-state index >= 15 is 0 Å². The van der Waals surface area contributed by atoms with E-state index in [0.717, 1.165) is 5.56 Å². The number of nitrogens with one attached hydrogen (secondary N) is 1. The maximum Gasteiger partial charge on any atom is 0.387 e. The van der Waals surface area contributed by atoms with E-state index in [1.807, 2.05) is 0 Å². The van der Waals surface area contributed by atoms with E-state index in [0.29, 0.717) is 24.3 Å². The summed E-state index contributed by atoms with van der Waals surface area (Å²) in [5.41, 5.74) is 1.65. The first-order valence-electron chi connectivity index (χ1n) is 8.16. The summed E-state index contributed by atoms with van der Waals surface area (Å²) in [5.74, 6) is -0.716. The summed E-state index contributed by atoms with van der Waals surface area (Å²) in [4.78, 5) is 22.4. The third kappa shape index (κ3) is 7.72. The molecule has 2 N–H and O–H groups in total. The largest absolute Gasteiger partial charge is 0.482 e.